The van der Waals surface area contributed by atoms with E-state index in [9.17, 15) is 9.59 Å². The predicted octanol–water partition coefficient (Wildman–Crippen LogP) is 3.72. The number of carbonyl (C=O) groups excluding carboxylic acids is 2. The minimum Gasteiger partial charge on any atom is -0.451 e. The number of Topliss-reactive ketones (excluding diaryl/α,β-unsaturated/α-hetero) is 2. The van der Waals surface area contributed by atoms with Crippen LogP contribution in [-0.4, -0.2) is 11.6 Å². The van der Waals surface area contributed by atoms with Gasteiger partial charge in [0, 0.05) is 23.1 Å². The largest absolute Gasteiger partial charge is 0.451 e. The maximum Gasteiger partial charge on any atom is 0.229 e. The summed E-state index contributed by atoms with van der Waals surface area (Å²) in [5.74, 6) is 0.447. The molecule has 2 aromatic carbocycles. The Morgan fingerprint density at radius 3 is 2.38 bits per heavy atom. The average Bonchev–Trinajstić information content (AvgIpc) is 2.52. The second-order valence-electron chi connectivity index (χ2n) is 5.02. The Balaban J connectivity index is 1.90. The minimum absolute atomic E-state index is 0.120. The maximum atomic E-state index is 12.6. The first kappa shape index (κ1) is 12.5. The van der Waals surface area contributed by atoms with Crippen LogP contribution in [0.2, 0.25) is 0 Å². The third-order valence-corrected chi connectivity index (χ3v) is 4.42. The lowest BCUT2D eigenvalue weighted by molar-refractivity contribution is 0.0929. The van der Waals surface area contributed by atoms with Crippen molar-refractivity contribution in [2.24, 2.45) is 0 Å². The Morgan fingerprint density at radius 1 is 0.905 bits per heavy atom. The molecule has 4 heteroatoms. The van der Waals surface area contributed by atoms with Crippen molar-refractivity contribution < 1.29 is 14.3 Å². The number of halogens is 1. The summed E-state index contributed by atoms with van der Waals surface area (Å²) in [6, 6.07) is 12.5. The molecule has 1 heterocycles. The minimum atomic E-state index is -0.221. The van der Waals surface area contributed by atoms with Gasteiger partial charge in [-0.15, -0.1) is 0 Å². The van der Waals surface area contributed by atoms with Gasteiger partial charge in [0.1, 0.15) is 5.75 Å². The standard InChI is InChI=1S/C17H9BrO3/c18-13-7-3-4-9-8-12-14(19)10-5-1-2-6-11(10)15(20)17(12)21-16(9)13/h1-7H,8H2. The highest BCUT2D eigenvalue weighted by Crippen LogP contribution is 2.40. The fourth-order valence-corrected chi connectivity index (χ4v) is 3.26. The van der Waals surface area contributed by atoms with E-state index in [2.05, 4.69) is 15.9 Å². The molecule has 0 unspecified atom stereocenters. The smallest absolute Gasteiger partial charge is 0.229 e. The molecule has 0 amide bonds. The Bertz CT molecular complexity index is 849. The van der Waals surface area contributed by atoms with Crippen LogP contribution in [0.4, 0.5) is 0 Å². The summed E-state index contributed by atoms with van der Waals surface area (Å²) < 4.78 is 6.55. The van der Waals surface area contributed by atoms with Gasteiger partial charge in [-0.1, -0.05) is 36.4 Å². The zero-order valence-corrected chi connectivity index (χ0v) is 12.4. The van der Waals surface area contributed by atoms with Crippen LogP contribution >= 0.6 is 15.9 Å². The molecule has 3 nitrogen and oxygen atoms in total. The van der Waals surface area contributed by atoms with Crippen LogP contribution in [-0.2, 0) is 6.42 Å². The second-order valence-corrected chi connectivity index (χ2v) is 5.87. The molecule has 0 spiro atoms. The van der Waals surface area contributed by atoms with E-state index in [0.29, 0.717) is 28.9 Å². The van der Waals surface area contributed by atoms with Crippen LogP contribution < -0.4 is 4.74 Å². The lowest BCUT2D eigenvalue weighted by Gasteiger charge is -2.26. The van der Waals surface area contributed by atoms with E-state index in [1.54, 1.807) is 24.3 Å². The molecule has 0 radical (unpaired) electrons. The van der Waals surface area contributed by atoms with E-state index in [1.165, 1.54) is 0 Å². The average molecular weight is 341 g/mol. The van der Waals surface area contributed by atoms with E-state index >= 15 is 0 Å². The first-order valence-electron chi connectivity index (χ1n) is 6.53. The van der Waals surface area contributed by atoms with E-state index in [-0.39, 0.29) is 17.3 Å². The summed E-state index contributed by atoms with van der Waals surface area (Å²) in [6.07, 6.45) is 0.420. The molecule has 21 heavy (non-hydrogen) atoms. The van der Waals surface area contributed by atoms with Gasteiger partial charge < -0.3 is 4.74 Å². The summed E-state index contributed by atoms with van der Waals surface area (Å²) in [7, 11) is 0. The molecule has 0 saturated heterocycles. The maximum absolute atomic E-state index is 12.6. The fourth-order valence-electron chi connectivity index (χ4n) is 2.77. The molecule has 0 atom stereocenters. The van der Waals surface area contributed by atoms with Crippen LogP contribution in [0.15, 0.2) is 58.3 Å². The summed E-state index contributed by atoms with van der Waals surface area (Å²) >= 11 is 3.42. The van der Waals surface area contributed by atoms with Crippen molar-refractivity contribution in [2.75, 3.05) is 0 Å². The van der Waals surface area contributed by atoms with E-state index in [0.717, 1.165) is 10.0 Å². The molecule has 102 valence electrons. The zero-order chi connectivity index (χ0) is 14.6. The van der Waals surface area contributed by atoms with Crippen molar-refractivity contribution in [3.05, 3.63) is 75.0 Å². The van der Waals surface area contributed by atoms with Crippen molar-refractivity contribution in [2.45, 2.75) is 6.42 Å². The monoisotopic (exact) mass is 340 g/mol. The molecule has 0 N–H and O–H groups in total. The number of allylic oxidation sites excluding steroid dienone is 2. The second kappa shape index (κ2) is 4.40. The normalized spacial score (nSPS) is 16.0. The third kappa shape index (κ3) is 1.72. The molecule has 2 aliphatic rings. The number of rotatable bonds is 0. The first-order valence-corrected chi connectivity index (χ1v) is 7.33. The van der Waals surface area contributed by atoms with Crippen molar-refractivity contribution in [3.8, 4) is 5.75 Å². The van der Waals surface area contributed by atoms with Crippen LogP contribution in [0.1, 0.15) is 26.3 Å². The van der Waals surface area contributed by atoms with Crippen molar-refractivity contribution in [1.29, 1.82) is 0 Å². The van der Waals surface area contributed by atoms with Gasteiger partial charge in [0.15, 0.2) is 11.5 Å². The number of hydrogen-bond acceptors (Lipinski definition) is 3. The molecular weight excluding hydrogens is 332 g/mol. The molecule has 4 rings (SSSR count). The Morgan fingerprint density at radius 2 is 1.62 bits per heavy atom. The van der Waals surface area contributed by atoms with Gasteiger partial charge in [0.25, 0.3) is 0 Å². The highest BCUT2D eigenvalue weighted by Gasteiger charge is 2.37. The molecule has 0 bridgehead atoms. The molecule has 0 aromatic heterocycles. The van der Waals surface area contributed by atoms with Gasteiger partial charge >= 0.3 is 0 Å². The van der Waals surface area contributed by atoms with Crippen LogP contribution in [0.25, 0.3) is 0 Å². The molecule has 2 aromatic rings. The zero-order valence-electron chi connectivity index (χ0n) is 10.9. The SMILES string of the molecule is O=C1C2=C(Oc3c(Br)cccc3C2)C(=O)c2ccccc21. The van der Waals surface area contributed by atoms with Gasteiger partial charge in [0.05, 0.1) is 10.0 Å². The third-order valence-electron chi connectivity index (χ3n) is 3.79. The number of para-hydroxylation sites is 1. The fraction of sp³-hybridized carbons (Fsp3) is 0.0588. The van der Waals surface area contributed by atoms with Gasteiger partial charge in [-0.05, 0) is 22.0 Å². The summed E-state index contributed by atoms with van der Waals surface area (Å²) in [5, 5.41) is 0. The van der Waals surface area contributed by atoms with Gasteiger partial charge in [-0.2, -0.15) is 0 Å². The number of fused-ring (bicyclic) bond motifs is 2. The molecule has 0 saturated carbocycles. The topological polar surface area (TPSA) is 43.4 Å². The highest BCUT2D eigenvalue weighted by atomic mass is 79.9. The number of carbonyl (C=O) groups is 2. The molecular formula is C17H9BrO3. The molecule has 1 aliphatic carbocycles. The summed E-state index contributed by atoms with van der Waals surface area (Å²) in [4.78, 5) is 25.2. The number of ketones is 2. The van der Waals surface area contributed by atoms with Crippen molar-refractivity contribution in [1.82, 2.24) is 0 Å². The quantitative estimate of drug-likeness (QED) is 0.734. The van der Waals surface area contributed by atoms with Crippen LogP contribution in [0.5, 0.6) is 5.75 Å². The number of hydrogen-bond donors (Lipinski definition) is 0. The van der Waals surface area contributed by atoms with Crippen LogP contribution in [0, 0.1) is 0 Å². The van der Waals surface area contributed by atoms with Gasteiger partial charge in [-0.3, -0.25) is 9.59 Å². The van der Waals surface area contributed by atoms with E-state index in [1.807, 2.05) is 18.2 Å². The summed E-state index contributed by atoms with van der Waals surface area (Å²) in [5.41, 5.74) is 2.23. The number of ether oxygens (including phenoxy) is 1. The molecule has 0 fully saturated rings. The van der Waals surface area contributed by atoms with Crippen molar-refractivity contribution in [3.63, 3.8) is 0 Å². The highest BCUT2D eigenvalue weighted by molar-refractivity contribution is 9.10. The van der Waals surface area contributed by atoms with E-state index in [4.69, 9.17) is 4.74 Å². The Labute approximate surface area is 129 Å². The van der Waals surface area contributed by atoms with Crippen LogP contribution in [0.3, 0.4) is 0 Å². The van der Waals surface area contributed by atoms with E-state index < -0.39 is 0 Å². The van der Waals surface area contributed by atoms with Crippen molar-refractivity contribution >= 4 is 27.5 Å². The van der Waals surface area contributed by atoms with Gasteiger partial charge in [0.2, 0.25) is 5.78 Å². The lowest BCUT2D eigenvalue weighted by atomic mass is 9.84. The Kier molecular flexibility index (Phi) is 2.62. The number of benzene rings is 2. The molecule has 1 aliphatic heterocycles. The first-order chi connectivity index (χ1) is 10.2. The summed E-state index contributed by atoms with van der Waals surface area (Å²) in [6.45, 7) is 0. The van der Waals surface area contributed by atoms with Gasteiger partial charge in [-0.25, -0.2) is 0 Å². The predicted molar refractivity (Wildman–Crippen MR) is 80.6 cm³/mol. The lowest BCUT2D eigenvalue weighted by Crippen LogP contribution is -2.28. The Hall–Kier alpha value is -2.20.